The molecule has 0 aromatic heterocycles. The fourth-order valence-electron chi connectivity index (χ4n) is 2.29. The van der Waals surface area contributed by atoms with E-state index in [2.05, 4.69) is 19.9 Å². The number of aryl methyl sites for hydroxylation is 1. The lowest BCUT2D eigenvalue weighted by atomic mass is 9.94. The summed E-state index contributed by atoms with van der Waals surface area (Å²) in [5, 5.41) is 10.7. The van der Waals surface area contributed by atoms with Gasteiger partial charge in [-0.05, 0) is 43.0 Å². The fourth-order valence-corrected chi connectivity index (χ4v) is 2.29. The average Bonchev–Trinajstić information content (AvgIpc) is 2.47. The molecule has 0 amide bonds. The van der Waals surface area contributed by atoms with Crippen LogP contribution in [0.5, 0.6) is 5.75 Å². The maximum absolute atomic E-state index is 10.7. The van der Waals surface area contributed by atoms with Crippen molar-refractivity contribution in [3.63, 3.8) is 0 Å². The third-order valence-corrected chi connectivity index (χ3v) is 3.62. The Bertz CT molecular complexity index is 575. The third-order valence-electron chi connectivity index (χ3n) is 3.62. The van der Waals surface area contributed by atoms with Crippen molar-refractivity contribution >= 4 is 0 Å². The van der Waals surface area contributed by atoms with Crippen molar-refractivity contribution in [1.82, 2.24) is 0 Å². The highest BCUT2D eigenvalue weighted by molar-refractivity contribution is 5.44. The lowest BCUT2D eigenvalue weighted by Crippen LogP contribution is -2.06. The van der Waals surface area contributed by atoms with Crippen LogP contribution in [0.4, 0.5) is 0 Å². The highest BCUT2D eigenvalue weighted by Crippen LogP contribution is 2.32. The van der Waals surface area contributed by atoms with Gasteiger partial charge in [0.25, 0.3) is 0 Å². The van der Waals surface area contributed by atoms with Crippen LogP contribution in [-0.2, 0) is 0 Å². The molecule has 0 bridgehead atoms. The van der Waals surface area contributed by atoms with Crippen molar-refractivity contribution < 1.29 is 9.84 Å². The number of hydrogen-bond donors (Lipinski definition) is 1. The zero-order valence-corrected chi connectivity index (χ0v) is 12.4. The van der Waals surface area contributed by atoms with E-state index in [1.807, 2.05) is 43.3 Å². The van der Waals surface area contributed by atoms with Gasteiger partial charge in [0.2, 0.25) is 0 Å². The lowest BCUT2D eigenvalue weighted by Gasteiger charge is -2.19. The van der Waals surface area contributed by atoms with Gasteiger partial charge in [-0.25, -0.2) is 0 Å². The Morgan fingerprint density at radius 2 is 1.70 bits per heavy atom. The Balaban J connectivity index is 2.38. The first-order valence-electron chi connectivity index (χ1n) is 7.11. The van der Waals surface area contributed by atoms with Gasteiger partial charge in [0.05, 0.1) is 6.61 Å². The second-order valence-corrected chi connectivity index (χ2v) is 5.08. The van der Waals surface area contributed by atoms with E-state index in [0.717, 1.165) is 28.9 Å². The molecule has 2 heteroatoms. The normalized spacial score (nSPS) is 12.2. The molecular formula is C18H22O2. The van der Waals surface area contributed by atoms with Crippen molar-refractivity contribution in [1.29, 1.82) is 0 Å². The molecule has 1 atom stereocenters. The van der Waals surface area contributed by atoms with Gasteiger partial charge in [-0.2, -0.15) is 0 Å². The molecule has 0 heterocycles. The first kappa shape index (κ1) is 14.6. The smallest absolute Gasteiger partial charge is 0.125 e. The van der Waals surface area contributed by atoms with Gasteiger partial charge in [0.1, 0.15) is 11.9 Å². The number of hydrogen-bond acceptors (Lipinski definition) is 2. The van der Waals surface area contributed by atoms with Gasteiger partial charge in [-0.1, -0.05) is 43.3 Å². The van der Waals surface area contributed by atoms with Crippen molar-refractivity contribution in [3.8, 4) is 5.75 Å². The Kier molecular flexibility index (Phi) is 4.80. The van der Waals surface area contributed by atoms with Crippen LogP contribution in [-0.4, -0.2) is 11.7 Å². The Morgan fingerprint density at radius 1 is 1.00 bits per heavy atom. The van der Waals surface area contributed by atoms with Gasteiger partial charge in [-0.3, -0.25) is 0 Å². The van der Waals surface area contributed by atoms with E-state index in [1.54, 1.807) is 0 Å². The van der Waals surface area contributed by atoms with Crippen LogP contribution in [0.1, 0.15) is 41.7 Å². The topological polar surface area (TPSA) is 29.5 Å². The SMILES string of the molecule is CCCOc1ccccc1C(O)c1cccc(C)c1C. The zero-order chi connectivity index (χ0) is 14.5. The van der Waals surface area contributed by atoms with Crippen molar-refractivity contribution in [2.45, 2.75) is 33.3 Å². The number of aliphatic hydroxyl groups is 1. The van der Waals surface area contributed by atoms with E-state index in [1.165, 1.54) is 5.56 Å². The van der Waals surface area contributed by atoms with Gasteiger partial charge < -0.3 is 9.84 Å². The first-order chi connectivity index (χ1) is 9.65. The summed E-state index contributed by atoms with van der Waals surface area (Å²) in [6, 6.07) is 13.7. The zero-order valence-electron chi connectivity index (χ0n) is 12.4. The van der Waals surface area contributed by atoms with Crippen LogP contribution in [0.15, 0.2) is 42.5 Å². The molecule has 20 heavy (non-hydrogen) atoms. The van der Waals surface area contributed by atoms with Crippen LogP contribution in [0.3, 0.4) is 0 Å². The second-order valence-electron chi connectivity index (χ2n) is 5.08. The van der Waals surface area contributed by atoms with E-state index in [4.69, 9.17) is 4.74 Å². The Hall–Kier alpha value is -1.80. The number of aliphatic hydroxyl groups excluding tert-OH is 1. The maximum Gasteiger partial charge on any atom is 0.125 e. The lowest BCUT2D eigenvalue weighted by molar-refractivity contribution is 0.210. The third kappa shape index (κ3) is 3.02. The van der Waals surface area contributed by atoms with Gasteiger partial charge >= 0.3 is 0 Å². The number of benzene rings is 2. The predicted molar refractivity (Wildman–Crippen MR) is 82.2 cm³/mol. The largest absolute Gasteiger partial charge is 0.493 e. The summed E-state index contributed by atoms with van der Waals surface area (Å²) in [4.78, 5) is 0. The molecule has 106 valence electrons. The van der Waals surface area contributed by atoms with Crippen LogP contribution in [0.25, 0.3) is 0 Å². The van der Waals surface area contributed by atoms with Crippen LogP contribution < -0.4 is 4.74 Å². The molecule has 0 aliphatic rings. The number of para-hydroxylation sites is 1. The number of ether oxygens (including phenoxy) is 1. The molecule has 0 aliphatic carbocycles. The molecule has 0 saturated heterocycles. The van der Waals surface area contributed by atoms with Crippen molar-refractivity contribution in [2.24, 2.45) is 0 Å². The summed E-state index contributed by atoms with van der Waals surface area (Å²) < 4.78 is 5.74. The first-order valence-corrected chi connectivity index (χ1v) is 7.11. The van der Waals surface area contributed by atoms with E-state index < -0.39 is 6.10 Å². The van der Waals surface area contributed by atoms with Gasteiger partial charge in [-0.15, -0.1) is 0 Å². The van der Waals surface area contributed by atoms with Gasteiger partial charge in [0.15, 0.2) is 0 Å². The van der Waals surface area contributed by atoms with Crippen LogP contribution in [0.2, 0.25) is 0 Å². The molecule has 2 nitrogen and oxygen atoms in total. The van der Waals surface area contributed by atoms with Crippen LogP contribution >= 0.6 is 0 Å². The molecule has 1 unspecified atom stereocenters. The molecule has 0 spiro atoms. The number of rotatable bonds is 5. The van der Waals surface area contributed by atoms with E-state index in [-0.39, 0.29) is 0 Å². The van der Waals surface area contributed by atoms with E-state index in [0.29, 0.717) is 6.61 Å². The van der Waals surface area contributed by atoms with Gasteiger partial charge in [0, 0.05) is 5.56 Å². The van der Waals surface area contributed by atoms with Crippen molar-refractivity contribution in [2.75, 3.05) is 6.61 Å². The summed E-state index contributed by atoms with van der Waals surface area (Å²) in [7, 11) is 0. The summed E-state index contributed by atoms with van der Waals surface area (Å²) in [5.74, 6) is 0.766. The highest BCUT2D eigenvalue weighted by atomic mass is 16.5. The highest BCUT2D eigenvalue weighted by Gasteiger charge is 2.17. The molecule has 2 rings (SSSR count). The van der Waals surface area contributed by atoms with E-state index >= 15 is 0 Å². The van der Waals surface area contributed by atoms with Crippen molar-refractivity contribution in [3.05, 3.63) is 64.7 Å². The molecule has 0 radical (unpaired) electrons. The molecule has 0 fully saturated rings. The standard InChI is InChI=1S/C18H22O2/c1-4-12-20-17-11-6-5-9-16(17)18(19)15-10-7-8-13(2)14(15)3/h5-11,18-19H,4,12H2,1-3H3. The Morgan fingerprint density at radius 3 is 2.45 bits per heavy atom. The summed E-state index contributed by atoms with van der Waals surface area (Å²) in [6.45, 7) is 6.84. The minimum absolute atomic E-state index is 0.650. The molecule has 0 aliphatic heterocycles. The molecule has 0 saturated carbocycles. The maximum atomic E-state index is 10.7. The predicted octanol–water partition coefficient (Wildman–Crippen LogP) is 4.17. The fraction of sp³-hybridized carbons (Fsp3) is 0.333. The molecule has 2 aromatic rings. The average molecular weight is 270 g/mol. The quantitative estimate of drug-likeness (QED) is 0.883. The summed E-state index contributed by atoms with van der Waals surface area (Å²) in [5.41, 5.74) is 4.09. The molecule has 1 N–H and O–H groups in total. The molecule has 2 aromatic carbocycles. The summed E-state index contributed by atoms with van der Waals surface area (Å²) in [6.07, 6.45) is 0.302. The minimum Gasteiger partial charge on any atom is -0.493 e. The second kappa shape index (κ2) is 6.58. The minimum atomic E-state index is -0.650. The monoisotopic (exact) mass is 270 g/mol. The van der Waals surface area contributed by atoms with E-state index in [9.17, 15) is 5.11 Å². The molecular weight excluding hydrogens is 248 g/mol. The summed E-state index contributed by atoms with van der Waals surface area (Å²) >= 11 is 0. The van der Waals surface area contributed by atoms with Crippen LogP contribution in [0, 0.1) is 13.8 Å². The Labute approximate surface area is 121 Å².